The second-order valence-corrected chi connectivity index (χ2v) is 3.62. The number of nitrogens with one attached hydrogen (secondary N) is 1. The maximum absolute atomic E-state index is 5.99. The fraction of sp³-hybridized carbons (Fsp3) is 0.0833. The number of fused-ring (bicyclic) bond motifs is 3. The zero-order chi connectivity index (χ0) is 10.3. The van der Waals surface area contributed by atoms with Crippen LogP contribution in [0.5, 0.6) is 0 Å². The van der Waals surface area contributed by atoms with Crippen LogP contribution in [0, 0.1) is 0 Å². The van der Waals surface area contributed by atoms with Crippen LogP contribution in [0.4, 0.5) is 11.4 Å². The van der Waals surface area contributed by atoms with E-state index in [0.717, 1.165) is 22.3 Å². The highest BCUT2D eigenvalue weighted by molar-refractivity contribution is 6.08. The molecule has 0 spiro atoms. The standard InChI is InChI=1S/C12H11N3/c13-11-5-8-6-14-7-15-12(8)10-4-2-1-3-9(10)11/h1-6,15H,7,13H2. The molecule has 0 aliphatic carbocycles. The van der Waals surface area contributed by atoms with Crippen LogP contribution in [-0.4, -0.2) is 12.9 Å². The van der Waals surface area contributed by atoms with Crippen LogP contribution in [0.15, 0.2) is 35.3 Å². The Kier molecular flexibility index (Phi) is 1.65. The first-order chi connectivity index (χ1) is 7.36. The van der Waals surface area contributed by atoms with Gasteiger partial charge in [0, 0.05) is 28.2 Å². The van der Waals surface area contributed by atoms with Gasteiger partial charge in [0.2, 0.25) is 0 Å². The van der Waals surface area contributed by atoms with Gasteiger partial charge in [-0.1, -0.05) is 24.3 Å². The lowest BCUT2D eigenvalue weighted by atomic mass is 10.0. The molecule has 1 aliphatic rings. The van der Waals surface area contributed by atoms with Gasteiger partial charge in [0.15, 0.2) is 0 Å². The van der Waals surface area contributed by atoms with Crippen molar-refractivity contribution in [3.8, 4) is 0 Å². The van der Waals surface area contributed by atoms with Gasteiger partial charge in [-0.15, -0.1) is 0 Å². The smallest absolute Gasteiger partial charge is 0.107 e. The van der Waals surface area contributed by atoms with E-state index in [0.29, 0.717) is 6.67 Å². The van der Waals surface area contributed by atoms with E-state index in [9.17, 15) is 0 Å². The summed E-state index contributed by atoms with van der Waals surface area (Å²) in [5.41, 5.74) is 9.00. The van der Waals surface area contributed by atoms with Crippen molar-refractivity contribution in [2.24, 2.45) is 4.99 Å². The van der Waals surface area contributed by atoms with Gasteiger partial charge in [-0.2, -0.15) is 0 Å². The van der Waals surface area contributed by atoms with Gasteiger partial charge in [-0.05, 0) is 6.07 Å². The first-order valence-corrected chi connectivity index (χ1v) is 4.91. The number of nitrogens with two attached hydrogens (primary N) is 1. The van der Waals surface area contributed by atoms with Crippen LogP contribution < -0.4 is 11.1 Å². The molecule has 15 heavy (non-hydrogen) atoms. The van der Waals surface area contributed by atoms with Gasteiger partial charge in [0.25, 0.3) is 0 Å². The summed E-state index contributed by atoms with van der Waals surface area (Å²) in [4.78, 5) is 4.17. The second kappa shape index (κ2) is 2.98. The van der Waals surface area contributed by atoms with Gasteiger partial charge in [0.05, 0.1) is 5.69 Å². The van der Waals surface area contributed by atoms with Gasteiger partial charge in [-0.25, -0.2) is 0 Å². The Morgan fingerprint density at radius 3 is 2.87 bits per heavy atom. The predicted molar refractivity (Wildman–Crippen MR) is 64.4 cm³/mol. The molecular formula is C12H11N3. The molecule has 2 aromatic rings. The molecular weight excluding hydrogens is 186 g/mol. The molecule has 0 unspecified atom stereocenters. The normalized spacial score (nSPS) is 13.6. The van der Waals surface area contributed by atoms with Gasteiger partial charge >= 0.3 is 0 Å². The second-order valence-electron chi connectivity index (χ2n) is 3.62. The third-order valence-corrected chi connectivity index (χ3v) is 2.68. The summed E-state index contributed by atoms with van der Waals surface area (Å²) in [5, 5.41) is 5.54. The van der Waals surface area contributed by atoms with E-state index in [2.05, 4.69) is 16.4 Å². The van der Waals surface area contributed by atoms with Crippen molar-refractivity contribution in [1.82, 2.24) is 0 Å². The Morgan fingerprint density at radius 1 is 1.20 bits per heavy atom. The third kappa shape index (κ3) is 1.16. The highest BCUT2D eigenvalue weighted by Crippen LogP contribution is 2.32. The Bertz CT molecular complexity index is 558. The van der Waals surface area contributed by atoms with Crippen molar-refractivity contribution in [2.75, 3.05) is 17.7 Å². The third-order valence-electron chi connectivity index (χ3n) is 2.68. The summed E-state index contributed by atoms with van der Waals surface area (Å²) in [6, 6.07) is 10.1. The van der Waals surface area contributed by atoms with Crippen molar-refractivity contribution in [3.05, 3.63) is 35.9 Å². The number of anilines is 2. The fourth-order valence-electron chi connectivity index (χ4n) is 1.99. The first kappa shape index (κ1) is 8.29. The minimum atomic E-state index is 0.640. The quantitative estimate of drug-likeness (QED) is 0.636. The number of nitrogens with zero attached hydrogens (tertiary/aromatic N) is 1. The molecule has 0 saturated carbocycles. The number of nitrogen functional groups attached to an aromatic ring is 1. The van der Waals surface area contributed by atoms with Gasteiger partial charge in [-0.3, -0.25) is 4.99 Å². The summed E-state index contributed by atoms with van der Waals surface area (Å²) in [7, 11) is 0. The number of rotatable bonds is 0. The molecule has 3 rings (SSSR count). The summed E-state index contributed by atoms with van der Waals surface area (Å²) in [5.74, 6) is 0. The molecule has 0 bridgehead atoms. The summed E-state index contributed by atoms with van der Waals surface area (Å²) in [6.07, 6.45) is 1.87. The number of hydrogen-bond donors (Lipinski definition) is 2. The maximum Gasteiger partial charge on any atom is 0.107 e. The highest BCUT2D eigenvalue weighted by Gasteiger charge is 2.10. The molecule has 0 amide bonds. The summed E-state index contributed by atoms with van der Waals surface area (Å²) >= 11 is 0. The molecule has 2 aromatic carbocycles. The predicted octanol–water partition coefficient (Wildman–Crippen LogP) is 2.22. The van der Waals surface area contributed by atoms with Crippen molar-refractivity contribution >= 4 is 28.4 Å². The Hall–Kier alpha value is -2.03. The van der Waals surface area contributed by atoms with Crippen molar-refractivity contribution in [3.63, 3.8) is 0 Å². The number of hydrogen-bond acceptors (Lipinski definition) is 3. The molecule has 1 aliphatic heterocycles. The molecule has 0 radical (unpaired) electrons. The SMILES string of the molecule is Nc1cc2c(c3ccccc13)NCN=C2. The molecule has 3 heteroatoms. The van der Waals surface area contributed by atoms with E-state index in [1.54, 1.807) is 0 Å². The Morgan fingerprint density at radius 2 is 2.00 bits per heavy atom. The van der Waals surface area contributed by atoms with Gasteiger partial charge < -0.3 is 11.1 Å². The molecule has 74 valence electrons. The maximum atomic E-state index is 5.99. The van der Waals surface area contributed by atoms with Gasteiger partial charge in [0.1, 0.15) is 6.67 Å². The summed E-state index contributed by atoms with van der Waals surface area (Å²) < 4.78 is 0. The van der Waals surface area contributed by atoms with Crippen molar-refractivity contribution in [1.29, 1.82) is 0 Å². The van der Waals surface area contributed by atoms with E-state index in [-0.39, 0.29) is 0 Å². The summed E-state index contributed by atoms with van der Waals surface area (Å²) in [6.45, 7) is 0.640. The van der Waals surface area contributed by atoms with E-state index in [4.69, 9.17) is 5.73 Å². The largest absolute Gasteiger partial charge is 0.398 e. The highest BCUT2D eigenvalue weighted by atomic mass is 15.0. The minimum Gasteiger partial charge on any atom is -0.398 e. The van der Waals surface area contributed by atoms with Crippen LogP contribution in [0.25, 0.3) is 10.8 Å². The van der Waals surface area contributed by atoms with E-state index in [1.807, 2.05) is 30.5 Å². The Labute approximate surface area is 87.6 Å². The van der Waals surface area contributed by atoms with Crippen LogP contribution in [0.3, 0.4) is 0 Å². The molecule has 3 nitrogen and oxygen atoms in total. The Balaban J connectivity index is 2.45. The lowest BCUT2D eigenvalue weighted by Crippen LogP contribution is -2.09. The monoisotopic (exact) mass is 197 g/mol. The molecule has 3 N–H and O–H groups in total. The number of benzene rings is 2. The van der Waals surface area contributed by atoms with Crippen LogP contribution in [-0.2, 0) is 0 Å². The average molecular weight is 197 g/mol. The lowest BCUT2D eigenvalue weighted by molar-refractivity contribution is 1.13. The van der Waals surface area contributed by atoms with E-state index in [1.165, 1.54) is 5.39 Å². The van der Waals surface area contributed by atoms with Crippen LogP contribution >= 0.6 is 0 Å². The first-order valence-electron chi connectivity index (χ1n) is 4.91. The fourth-order valence-corrected chi connectivity index (χ4v) is 1.99. The average Bonchev–Trinajstić information content (AvgIpc) is 2.30. The zero-order valence-corrected chi connectivity index (χ0v) is 8.20. The lowest BCUT2D eigenvalue weighted by Gasteiger charge is -2.16. The van der Waals surface area contributed by atoms with Crippen molar-refractivity contribution in [2.45, 2.75) is 0 Å². The molecule has 1 heterocycles. The molecule has 0 saturated heterocycles. The molecule has 0 fully saturated rings. The van der Waals surface area contributed by atoms with Crippen LogP contribution in [0.2, 0.25) is 0 Å². The van der Waals surface area contributed by atoms with Crippen molar-refractivity contribution < 1.29 is 0 Å². The minimum absolute atomic E-state index is 0.640. The van der Waals surface area contributed by atoms with E-state index < -0.39 is 0 Å². The van der Waals surface area contributed by atoms with Crippen LogP contribution in [0.1, 0.15) is 5.56 Å². The topological polar surface area (TPSA) is 50.4 Å². The number of aliphatic imine (C=N–C) groups is 1. The molecule has 0 atom stereocenters. The van der Waals surface area contributed by atoms with E-state index >= 15 is 0 Å². The molecule has 0 aromatic heterocycles. The zero-order valence-electron chi connectivity index (χ0n) is 8.20.